The van der Waals surface area contributed by atoms with Gasteiger partial charge in [-0.25, -0.2) is 0 Å². The van der Waals surface area contributed by atoms with Crippen LogP contribution in [0.1, 0.15) is 20.3 Å². The summed E-state index contributed by atoms with van der Waals surface area (Å²) >= 11 is 0. The lowest BCUT2D eigenvalue weighted by Crippen LogP contribution is -2.68. The van der Waals surface area contributed by atoms with Crippen molar-refractivity contribution in [3.8, 4) is 0 Å². The Balaban J connectivity index is 1.82. The van der Waals surface area contributed by atoms with E-state index in [2.05, 4.69) is 5.23 Å². The topological polar surface area (TPSA) is 248 Å². The molecule has 0 aromatic rings. The van der Waals surface area contributed by atoms with Crippen LogP contribution in [-0.2, 0) is 18.9 Å². The largest absolute Gasteiger partial charge is 0.391 e. The van der Waals surface area contributed by atoms with E-state index in [1.54, 1.807) is 14.9 Å². The molecule has 1 aliphatic carbocycles. The van der Waals surface area contributed by atoms with Gasteiger partial charge in [0.25, 0.3) is 0 Å². The van der Waals surface area contributed by atoms with Gasteiger partial charge in [0.2, 0.25) is 0 Å². The van der Waals surface area contributed by atoms with Crippen molar-refractivity contribution in [3.63, 3.8) is 0 Å². The first-order valence-corrected chi connectivity index (χ1v) is 11.5. The normalized spacial score (nSPS) is 51.9. The van der Waals surface area contributed by atoms with Crippen molar-refractivity contribution >= 4 is 7.98 Å². The first kappa shape index (κ1) is 28.1. The molecule has 0 aromatic heterocycles. The molecule has 3 rings (SSSR count). The Morgan fingerprint density at radius 2 is 1.41 bits per heavy atom. The van der Waals surface area contributed by atoms with Crippen LogP contribution in [0.15, 0.2) is 0 Å². The molecule has 1 saturated carbocycles. The van der Waals surface area contributed by atoms with Crippen molar-refractivity contribution in [2.45, 2.75) is 118 Å². The van der Waals surface area contributed by atoms with Crippen molar-refractivity contribution in [1.82, 2.24) is 5.23 Å². The Labute approximate surface area is 198 Å². The summed E-state index contributed by atoms with van der Waals surface area (Å²) in [5.74, 6) is 0. The number of nitrogens with two attached hydrogens (primary N) is 3. The molecule has 0 amide bonds. The SMILES string of the molecule is BNC1CC(N)C(OC2OC([C@@H](C)O)C(O)C(O)C2N)C(OC2OC([C@@H](C)N)C(O)C2O)C1O. The lowest BCUT2D eigenvalue weighted by Gasteiger charge is -2.48. The van der Waals surface area contributed by atoms with Gasteiger partial charge in [-0.15, -0.1) is 0 Å². The summed E-state index contributed by atoms with van der Waals surface area (Å²) in [6, 6.07) is -3.02. The van der Waals surface area contributed by atoms with Crippen LogP contribution in [-0.4, -0.2) is 136 Å². The minimum atomic E-state index is -1.46. The first-order valence-electron chi connectivity index (χ1n) is 11.5. The number of ether oxygens (including phenoxy) is 4. The molecule has 198 valence electrons. The van der Waals surface area contributed by atoms with Crippen LogP contribution in [0.25, 0.3) is 0 Å². The van der Waals surface area contributed by atoms with E-state index in [9.17, 15) is 30.6 Å². The third-order valence-electron chi connectivity index (χ3n) is 6.91. The second kappa shape index (κ2) is 11.3. The monoisotopic (exact) mass is 494 g/mol. The van der Waals surface area contributed by atoms with Crippen LogP contribution in [0.2, 0.25) is 0 Å². The number of rotatable bonds is 7. The predicted molar refractivity (Wildman–Crippen MR) is 118 cm³/mol. The van der Waals surface area contributed by atoms with Gasteiger partial charge in [-0.05, 0) is 20.3 Å². The van der Waals surface area contributed by atoms with E-state index in [1.165, 1.54) is 6.92 Å². The zero-order valence-electron chi connectivity index (χ0n) is 19.5. The second-order valence-electron chi connectivity index (χ2n) is 9.56. The fourth-order valence-corrected chi connectivity index (χ4v) is 4.82. The summed E-state index contributed by atoms with van der Waals surface area (Å²) in [7, 11) is 1.64. The molecule has 3 aliphatic rings. The Hall–Kier alpha value is -0.495. The average Bonchev–Trinajstić information content (AvgIpc) is 3.06. The Morgan fingerprint density at radius 3 is 1.94 bits per heavy atom. The maximum absolute atomic E-state index is 11.0. The molecule has 0 radical (unpaired) electrons. The molecule has 14 nitrogen and oxygen atoms in total. The Bertz CT molecular complexity index is 669. The molecule has 2 aliphatic heterocycles. The van der Waals surface area contributed by atoms with Crippen LogP contribution in [0, 0.1) is 0 Å². The predicted octanol–water partition coefficient (Wildman–Crippen LogP) is -6.70. The van der Waals surface area contributed by atoms with E-state index >= 15 is 0 Å². The quantitative estimate of drug-likeness (QED) is 0.148. The van der Waals surface area contributed by atoms with Gasteiger partial charge in [-0.3, -0.25) is 0 Å². The van der Waals surface area contributed by atoms with Gasteiger partial charge in [-0.1, -0.05) is 0 Å². The van der Waals surface area contributed by atoms with Crippen molar-refractivity contribution in [3.05, 3.63) is 0 Å². The summed E-state index contributed by atoms with van der Waals surface area (Å²) in [6.45, 7) is 2.99. The standard InChI is InChI=1S/C19H39BN4O10/c1-4(21)14-12(29)13(30)19(31-14)34-17-9(26)7(24-20)3-6(22)16(17)33-18-8(23)10(27)11(28)15(32-18)5(2)25/h4-19,24-30H,3,20-23H2,1-2H3/t4-,5-,6?,7?,8?,9?,10?,11?,12?,13?,14?,15?,16?,17?,18?,19?/m1/s1. The lowest BCUT2D eigenvalue weighted by atomic mass is 9.83. The molecule has 0 aromatic carbocycles. The first-order chi connectivity index (χ1) is 15.9. The van der Waals surface area contributed by atoms with Crippen LogP contribution in [0.4, 0.5) is 0 Å². The molecule has 16 atom stereocenters. The number of nitrogens with one attached hydrogen (secondary N) is 1. The van der Waals surface area contributed by atoms with Gasteiger partial charge < -0.3 is 72.0 Å². The summed E-state index contributed by atoms with van der Waals surface area (Å²) < 4.78 is 23.1. The summed E-state index contributed by atoms with van der Waals surface area (Å²) in [5.41, 5.74) is 18.2. The number of hydrogen-bond donors (Lipinski definition) is 10. The fraction of sp³-hybridized carbons (Fsp3) is 1.00. The van der Waals surface area contributed by atoms with Crippen LogP contribution >= 0.6 is 0 Å². The van der Waals surface area contributed by atoms with Crippen LogP contribution < -0.4 is 22.4 Å². The van der Waals surface area contributed by atoms with E-state index in [0.717, 1.165) is 0 Å². The highest BCUT2D eigenvalue weighted by Gasteiger charge is 2.53. The van der Waals surface area contributed by atoms with Gasteiger partial charge in [0.15, 0.2) is 20.6 Å². The molecule has 34 heavy (non-hydrogen) atoms. The van der Waals surface area contributed by atoms with Crippen molar-refractivity contribution in [1.29, 1.82) is 0 Å². The minimum absolute atomic E-state index is 0.272. The minimum Gasteiger partial charge on any atom is -0.391 e. The van der Waals surface area contributed by atoms with Gasteiger partial charge in [0.05, 0.1) is 18.2 Å². The molecular formula is C19H39BN4O10. The van der Waals surface area contributed by atoms with Crippen LogP contribution in [0.3, 0.4) is 0 Å². The average molecular weight is 494 g/mol. The Morgan fingerprint density at radius 1 is 0.853 bits per heavy atom. The van der Waals surface area contributed by atoms with Gasteiger partial charge in [0, 0.05) is 18.1 Å². The van der Waals surface area contributed by atoms with E-state index in [-0.39, 0.29) is 6.42 Å². The zero-order chi connectivity index (χ0) is 25.5. The summed E-state index contributed by atoms with van der Waals surface area (Å²) in [6.07, 6.45) is -14.7. The molecule has 0 spiro atoms. The highest BCUT2D eigenvalue weighted by molar-refractivity contribution is 6.04. The van der Waals surface area contributed by atoms with E-state index in [4.69, 9.17) is 36.1 Å². The van der Waals surface area contributed by atoms with Crippen molar-refractivity contribution < 1.29 is 49.6 Å². The highest BCUT2D eigenvalue weighted by atomic mass is 16.7. The molecule has 15 heteroatoms. The lowest BCUT2D eigenvalue weighted by molar-refractivity contribution is -0.315. The maximum atomic E-state index is 11.0. The molecule has 14 unspecified atom stereocenters. The third-order valence-corrected chi connectivity index (χ3v) is 6.91. The van der Waals surface area contributed by atoms with Gasteiger partial charge >= 0.3 is 0 Å². The molecule has 2 saturated heterocycles. The van der Waals surface area contributed by atoms with E-state index < -0.39 is 97.8 Å². The second-order valence-corrected chi connectivity index (χ2v) is 9.56. The molecule has 2 heterocycles. The molecular weight excluding hydrogens is 455 g/mol. The highest BCUT2D eigenvalue weighted by Crippen LogP contribution is 2.33. The molecule has 0 bridgehead atoms. The molecule has 3 fully saturated rings. The van der Waals surface area contributed by atoms with Gasteiger partial charge in [0.1, 0.15) is 48.8 Å². The fourth-order valence-electron chi connectivity index (χ4n) is 4.82. The summed E-state index contributed by atoms with van der Waals surface area (Å²) in [4.78, 5) is 0. The van der Waals surface area contributed by atoms with Crippen molar-refractivity contribution in [2.24, 2.45) is 17.2 Å². The zero-order valence-corrected chi connectivity index (χ0v) is 19.5. The maximum Gasteiger partial charge on any atom is 0.187 e. The van der Waals surface area contributed by atoms with Gasteiger partial charge in [-0.2, -0.15) is 0 Å². The smallest absolute Gasteiger partial charge is 0.187 e. The van der Waals surface area contributed by atoms with E-state index in [0.29, 0.717) is 0 Å². The molecule has 13 N–H and O–H groups in total. The number of aliphatic hydroxyl groups excluding tert-OH is 6. The van der Waals surface area contributed by atoms with Crippen LogP contribution in [0.5, 0.6) is 0 Å². The number of hydrogen-bond acceptors (Lipinski definition) is 14. The Kier molecular flexibility index (Phi) is 9.31. The van der Waals surface area contributed by atoms with Crippen molar-refractivity contribution in [2.75, 3.05) is 0 Å². The summed E-state index contributed by atoms with van der Waals surface area (Å²) in [5, 5.41) is 65.1. The third kappa shape index (κ3) is 5.43. The van der Waals surface area contributed by atoms with E-state index in [1.807, 2.05) is 0 Å². The number of aliphatic hydroxyl groups is 6.